The third kappa shape index (κ3) is 7.69. The third-order valence-corrected chi connectivity index (χ3v) is 8.62. The van der Waals surface area contributed by atoms with Crippen molar-refractivity contribution in [1.29, 1.82) is 5.26 Å². The van der Waals surface area contributed by atoms with Gasteiger partial charge in [-0.15, -0.1) is 0 Å². The molecule has 0 saturated carbocycles. The topological polar surface area (TPSA) is 80.4 Å². The average Bonchev–Trinajstić information content (AvgIpc) is 3.33. The van der Waals surface area contributed by atoms with E-state index >= 15 is 0 Å². The van der Waals surface area contributed by atoms with Gasteiger partial charge in [-0.3, -0.25) is 9.88 Å². The molecule has 0 radical (unpaired) electrons. The summed E-state index contributed by atoms with van der Waals surface area (Å²) in [5, 5.41) is 23.1. The van der Waals surface area contributed by atoms with Gasteiger partial charge in [0.15, 0.2) is 0 Å². The highest BCUT2D eigenvalue weighted by molar-refractivity contribution is 5.86. The molecule has 2 saturated heterocycles. The summed E-state index contributed by atoms with van der Waals surface area (Å²) >= 11 is 0. The van der Waals surface area contributed by atoms with E-state index in [9.17, 15) is 23.5 Å². The molecule has 4 heterocycles. The van der Waals surface area contributed by atoms with E-state index in [1.165, 1.54) is 4.57 Å². The standard InChI is InChI=1S/C33H39F3N6O/c1-32(2,22-37)31-9-8-25(20-39-31)38-14-4-6-27-19-29-24(5-3-7-30(29)42(27)23-33(34,35)36)21-40-15-10-26(11-16-40)41-17-12-28(43)13-18-41/h3,5,7-9,19-20,26,28,38,43H,10-18,21,23H2,1-2H3. The predicted molar refractivity (Wildman–Crippen MR) is 161 cm³/mol. The van der Waals surface area contributed by atoms with Crippen LogP contribution in [-0.4, -0.2) is 75.5 Å². The van der Waals surface area contributed by atoms with Crippen LogP contribution in [-0.2, 0) is 18.5 Å². The van der Waals surface area contributed by atoms with Crippen molar-refractivity contribution in [3.8, 4) is 17.9 Å². The van der Waals surface area contributed by atoms with Crippen LogP contribution < -0.4 is 5.32 Å². The Hall–Kier alpha value is -3.57. The molecule has 2 aliphatic heterocycles. The van der Waals surface area contributed by atoms with E-state index in [0.717, 1.165) is 62.8 Å². The molecule has 2 fully saturated rings. The molecule has 7 nitrogen and oxygen atoms in total. The Morgan fingerprint density at radius 2 is 1.79 bits per heavy atom. The maximum atomic E-state index is 13.6. The van der Waals surface area contributed by atoms with Crippen LogP contribution >= 0.6 is 0 Å². The van der Waals surface area contributed by atoms with Crippen LogP contribution in [0, 0.1) is 23.2 Å². The zero-order chi connectivity index (χ0) is 30.6. The molecule has 2 aliphatic rings. The number of halogens is 3. The van der Waals surface area contributed by atoms with Crippen molar-refractivity contribution >= 4 is 16.6 Å². The van der Waals surface area contributed by atoms with Crippen LogP contribution in [0.2, 0.25) is 0 Å². The quantitative estimate of drug-likeness (QED) is 0.364. The summed E-state index contributed by atoms with van der Waals surface area (Å²) in [6, 6.07) is 13.7. The minimum Gasteiger partial charge on any atom is -0.393 e. The summed E-state index contributed by atoms with van der Waals surface area (Å²) in [6.45, 7) is 7.16. The lowest BCUT2D eigenvalue weighted by molar-refractivity contribution is -0.140. The van der Waals surface area contributed by atoms with E-state index in [1.807, 2.05) is 18.2 Å². The Morgan fingerprint density at radius 3 is 2.44 bits per heavy atom. The van der Waals surface area contributed by atoms with E-state index in [2.05, 4.69) is 38.0 Å². The molecule has 1 aromatic carbocycles. The molecule has 3 aromatic rings. The van der Waals surface area contributed by atoms with Gasteiger partial charge >= 0.3 is 6.18 Å². The Bertz CT molecular complexity index is 1500. The number of hydrogen-bond acceptors (Lipinski definition) is 6. The number of rotatable bonds is 7. The predicted octanol–water partition coefficient (Wildman–Crippen LogP) is 5.28. The van der Waals surface area contributed by atoms with Crippen LogP contribution in [0.4, 0.5) is 18.9 Å². The van der Waals surface area contributed by atoms with Gasteiger partial charge in [0.25, 0.3) is 0 Å². The van der Waals surface area contributed by atoms with Crippen molar-refractivity contribution in [2.45, 2.75) is 76.4 Å². The lowest BCUT2D eigenvalue weighted by Gasteiger charge is -2.41. The number of hydrogen-bond donors (Lipinski definition) is 2. The molecule has 0 spiro atoms. The van der Waals surface area contributed by atoms with Gasteiger partial charge in [0.05, 0.1) is 47.4 Å². The van der Waals surface area contributed by atoms with E-state index in [0.29, 0.717) is 35.2 Å². The number of pyridine rings is 1. The normalized spacial score (nSPS) is 17.9. The number of alkyl halides is 3. The molecule has 228 valence electrons. The molecule has 0 amide bonds. The maximum Gasteiger partial charge on any atom is 0.406 e. The van der Waals surface area contributed by atoms with Gasteiger partial charge in [-0.1, -0.05) is 18.1 Å². The largest absolute Gasteiger partial charge is 0.406 e. The Morgan fingerprint density at radius 1 is 1.05 bits per heavy atom. The molecule has 0 aliphatic carbocycles. The summed E-state index contributed by atoms with van der Waals surface area (Å²) in [4.78, 5) is 9.24. The van der Waals surface area contributed by atoms with E-state index in [1.54, 1.807) is 38.2 Å². The Balaban J connectivity index is 1.28. The van der Waals surface area contributed by atoms with Crippen molar-refractivity contribution in [3.63, 3.8) is 0 Å². The molecule has 43 heavy (non-hydrogen) atoms. The van der Waals surface area contributed by atoms with Crippen LogP contribution in [0.3, 0.4) is 0 Å². The maximum absolute atomic E-state index is 13.6. The first-order valence-electron chi connectivity index (χ1n) is 15.0. The fraction of sp³-hybridized carbons (Fsp3) is 0.515. The minimum absolute atomic E-state index is 0.175. The molecule has 2 N–H and O–H groups in total. The number of likely N-dealkylation sites (tertiary alicyclic amines) is 2. The van der Waals surface area contributed by atoms with Crippen molar-refractivity contribution < 1.29 is 18.3 Å². The summed E-state index contributed by atoms with van der Waals surface area (Å²) in [7, 11) is 0. The van der Waals surface area contributed by atoms with Crippen molar-refractivity contribution in [1.82, 2.24) is 19.4 Å². The first kappa shape index (κ1) is 30.9. The molecular weight excluding hydrogens is 553 g/mol. The second kappa shape index (κ2) is 13.0. The first-order chi connectivity index (χ1) is 20.5. The highest BCUT2D eigenvalue weighted by atomic mass is 19.4. The number of anilines is 1. The van der Waals surface area contributed by atoms with Gasteiger partial charge in [0, 0.05) is 36.6 Å². The van der Waals surface area contributed by atoms with Gasteiger partial charge in [0.1, 0.15) is 6.54 Å². The molecule has 0 unspecified atom stereocenters. The molecule has 0 bridgehead atoms. The van der Waals surface area contributed by atoms with Crippen LogP contribution in [0.15, 0.2) is 42.6 Å². The number of aromatic nitrogens is 2. The number of piperidine rings is 2. The first-order valence-corrected chi connectivity index (χ1v) is 15.0. The Kier molecular flexibility index (Phi) is 9.31. The van der Waals surface area contributed by atoms with Crippen LogP contribution in [0.25, 0.3) is 10.9 Å². The number of fused-ring (bicyclic) bond motifs is 1. The van der Waals surface area contributed by atoms with Gasteiger partial charge in [-0.05, 0) is 88.4 Å². The SMILES string of the molecule is CC(C)(C#N)c1ccc(NCC#Cc2cc3c(CN4CCC(N5CCC(O)CC5)CC4)cccc3n2CC(F)(F)F)cn1. The summed E-state index contributed by atoms with van der Waals surface area (Å²) in [6.07, 6.45) is 0.856. The van der Waals surface area contributed by atoms with Crippen molar-refractivity contribution in [2.24, 2.45) is 0 Å². The second-order valence-corrected chi connectivity index (χ2v) is 12.2. The second-order valence-electron chi connectivity index (χ2n) is 12.2. The fourth-order valence-corrected chi connectivity index (χ4v) is 6.08. The van der Waals surface area contributed by atoms with Crippen molar-refractivity contribution in [3.05, 3.63) is 59.5 Å². The molecule has 2 aromatic heterocycles. The summed E-state index contributed by atoms with van der Waals surface area (Å²) < 4.78 is 42.2. The lowest BCUT2D eigenvalue weighted by Crippen LogP contribution is -2.48. The van der Waals surface area contributed by atoms with Gasteiger partial charge in [-0.25, -0.2) is 0 Å². The van der Waals surface area contributed by atoms with Gasteiger partial charge in [-0.2, -0.15) is 18.4 Å². The van der Waals surface area contributed by atoms with Crippen LogP contribution in [0.1, 0.15) is 56.5 Å². The fourth-order valence-electron chi connectivity index (χ4n) is 6.08. The smallest absolute Gasteiger partial charge is 0.393 e. The molecule has 5 rings (SSSR count). The third-order valence-electron chi connectivity index (χ3n) is 8.62. The number of benzene rings is 1. The number of aliphatic hydroxyl groups excluding tert-OH is 1. The zero-order valence-electron chi connectivity index (χ0n) is 24.8. The summed E-state index contributed by atoms with van der Waals surface area (Å²) in [5.41, 5.74) is 2.55. The van der Waals surface area contributed by atoms with Gasteiger partial charge < -0.3 is 19.9 Å². The minimum atomic E-state index is -4.38. The van der Waals surface area contributed by atoms with E-state index in [4.69, 9.17) is 0 Å². The average molecular weight is 593 g/mol. The van der Waals surface area contributed by atoms with Gasteiger partial charge in [0.2, 0.25) is 0 Å². The molecule has 10 heteroatoms. The lowest BCUT2D eigenvalue weighted by atomic mass is 9.91. The highest BCUT2D eigenvalue weighted by Crippen LogP contribution is 2.30. The van der Waals surface area contributed by atoms with Crippen molar-refractivity contribution in [2.75, 3.05) is 38.0 Å². The van der Waals surface area contributed by atoms with E-state index < -0.39 is 18.1 Å². The summed E-state index contributed by atoms with van der Waals surface area (Å²) in [5.74, 6) is 5.94. The zero-order valence-corrected chi connectivity index (χ0v) is 24.8. The van der Waals surface area contributed by atoms with Crippen LogP contribution in [0.5, 0.6) is 0 Å². The highest BCUT2D eigenvalue weighted by Gasteiger charge is 2.31. The van der Waals surface area contributed by atoms with E-state index in [-0.39, 0.29) is 12.6 Å². The Labute approximate surface area is 251 Å². The number of aliphatic hydroxyl groups is 1. The number of nitrogens with one attached hydrogen (secondary N) is 1. The molecular formula is C33H39F3N6O. The number of nitrogens with zero attached hydrogens (tertiary/aromatic N) is 5. The number of nitriles is 1. The molecule has 0 atom stereocenters. The monoisotopic (exact) mass is 592 g/mol.